The first-order valence-electron chi connectivity index (χ1n) is 5.48. The van der Waals surface area contributed by atoms with Gasteiger partial charge >= 0.3 is 0 Å². The Morgan fingerprint density at radius 1 is 1.21 bits per heavy atom. The van der Waals surface area contributed by atoms with Crippen molar-refractivity contribution in [2.75, 3.05) is 7.05 Å². The minimum atomic E-state index is 0.695. The highest BCUT2D eigenvalue weighted by Gasteiger charge is 2.21. The van der Waals surface area contributed by atoms with Crippen LogP contribution in [0, 0.1) is 0 Å². The minimum absolute atomic E-state index is 0.695. The Morgan fingerprint density at radius 2 is 2.00 bits per heavy atom. The molecule has 1 N–H and O–H groups in total. The van der Waals surface area contributed by atoms with Gasteiger partial charge in [0.15, 0.2) is 0 Å². The van der Waals surface area contributed by atoms with Crippen LogP contribution < -0.4 is 5.32 Å². The molecule has 0 saturated heterocycles. The van der Waals surface area contributed by atoms with Crippen LogP contribution in [0.3, 0.4) is 0 Å². The highest BCUT2D eigenvalue weighted by Crippen LogP contribution is 2.31. The fourth-order valence-corrected chi connectivity index (χ4v) is 2.30. The molecular weight excluding hydrogens is 172 g/mol. The molecule has 0 radical (unpaired) electrons. The smallest absolute Gasteiger partial charge is 0.0434 e. The Labute approximate surface area is 85.7 Å². The summed E-state index contributed by atoms with van der Waals surface area (Å²) in [7, 11) is 2.06. The van der Waals surface area contributed by atoms with Gasteiger partial charge in [-0.2, -0.15) is 0 Å². The summed E-state index contributed by atoms with van der Waals surface area (Å²) in [5.74, 6) is 0.695. The second-order valence-corrected chi connectivity index (χ2v) is 4.09. The second kappa shape index (κ2) is 4.56. The van der Waals surface area contributed by atoms with Crippen molar-refractivity contribution in [1.29, 1.82) is 0 Å². The normalized spacial score (nSPS) is 27.5. The van der Waals surface area contributed by atoms with Gasteiger partial charge in [-0.3, -0.25) is 4.98 Å². The summed E-state index contributed by atoms with van der Waals surface area (Å²) in [6.07, 6.45) is 7.04. The molecule has 0 spiro atoms. The molecule has 1 heterocycles. The number of aromatic nitrogens is 1. The van der Waals surface area contributed by atoms with Crippen LogP contribution in [0.4, 0.5) is 0 Å². The Balaban J connectivity index is 1.96. The highest BCUT2D eigenvalue weighted by molar-refractivity contribution is 5.10. The third kappa shape index (κ3) is 2.13. The van der Waals surface area contributed by atoms with Crippen LogP contribution in [0.1, 0.15) is 37.3 Å². The van der Waals surface area contributed by atoms with Crippen LogP contribution >= 0.6 is 0 Å². The third-order valence-electron chi connectivity index (χ3n) is 3.24. The molecule has 1 aromatic heterocycles. The van der Waals surface area contributed by atoms with Crippen LogP contribution in [-0.4, -0.2) is 18.1 Å². The van der Waals surface area contributed by atoms with E-state index >= 15 is 0 Å². The van der Waals surface area contributed by atoms with Crippen LogP contribution in [0.25, 0.3) is 0 Å². The molecule has 0 unspecified atom stereocenters. The van der Waals surface area contributed by atoms with Crippen molar-refractivity contribution >= 4 is 0 Å². The maximum atomic E-state index is 4.43. The summed E-state index contributed by atoms with van der Waals surface area (Å²) in [4.78, 5) is 4.43. The SMILES string of the molecule is CNC1CCC(c2ccccn2)CC1. The van der Waals surface area contributed by atoms with E-state index in [2.05, 4.69) is 29.5 Å². The van der Waals surface area contributed by atoms with Crippen molar-refractivity contribution in [3.63, 3.8) is 0 Å². The van der Waals surface area contributed by atoms with Crippen LogP contribution in [0.5, 0.6) is 0 Å². The first kappa shape index (κ1) is 9.66. The molecule has 1 aromatic rings. The van der Waals surface area contributed by atoms with Gasteiger partial charge in [-0.25, -0.2) is 0 Å². The minimum Gasteiger partial charge on any atom is -0.317 e. The maximum Gasteiger partial charge on any atom is 0.0434 e. The van der Waals surface area contributed by atoms with E-state index in [4.69, 9.17) is 0 Å². The Morgan fingerprint density at radius 3 is 2.57 bits per heavy atom. The van der Waals surface area contributed by atoms with E-state index in [9.17, 15) is 0 Å². The molecule has 1 aliphatic carbocycles. The zero-order valence-corrected chi connectivity index (χ0v) is 8.74. The predicted octanol–water partition coefficient (Wildman–Crippen LogP) is 2.33. The van der Waals surface area contributed by atoms with Crippen LogP contribution in [0.15, 0.2) is 24.4 Å². The highest BCUT2D eigenvalue weighted by atomic mass is 14.9. The van der Waals surface area contributed by atoms with Crippen molar-refractivity contribution in [3.05, 3.63) is 30.1 Å². The van der Waals surface area contributed by atoms with Crippen LogP contribution in [-0.2, 0) is 0 Å². The monoisotopic (exact) mass is 190 g/mol. The molecule has 14 heavy (non-hydrogen) atoms. The molecule has 2 heteroatoms. The molecule has 0 bridgehead atoms. The zero-order valence-electron chi connectivity index (χ0n) is 8.74. The Hall–Kier alpha value is -0.890. The second-order valence-electron chi connectivity index (χ2n) is 4.09. The fourth-order valence-electron chi connectivity index (χ4n) is 2.30. The van der Waals surface area contributed by atoms with Crippen molar-refractivity contribution in [3.8, 4) is 0 Å². The lowest BCUT2D eigenvalue weighted by Gasteiger charge is -2.27. The number of hydrogen-bond donors (Lipinski definition) is 1. The number of hydrogen-bond acceptors (Lipinski definition) is 2. The average molecular weight is 190 g/mol. The Bertz CT molecular complexity index is 263. The number of pyridine rings is 1. The van der Waals surface area contributed by atoms with Gasteiger partial charge in [0.1, 0.15) is 0 Å². The van der Waals surface area contributed by atoms with E-state index in [1.165, 1.54) is 31.4 Å². The molecule has 0 aliphatic heterocycles. The van der Waals surface area contributed by atoms with Gasteiger partial charge in [0.05, 0.1) is 0 Å². The third-order valence-corrected chi connectivity index (χ3v) is 3.24. The van der Waals surface area contributed by atoms with E-state index in [1.807, 2.05) is 12.3 Å². The summed E-state index contributed by atoms with van der Waals surface area (Å²) >= 11 is 0. The van der Waals surface area contributed by atoms with Gasteiger partial charge in [0, 0.05) is 23.9 Å². The van der Waals surface area contributed by atoms with E-state index in [0.29, 0.717) is 5.92 Å². The predicted molar refractivity (Wildman–Crippen MR) is 58.3 cm³/mol. The average Bonchev–Trinajstić information content (AvgIpc) is 2.30. The molecule has 2 rings (SSSR count). The lowest BCUT2D eigenvalue weighted by atomic mass is 9.84. The first-order chi connectivity index (χ1) is 6.90. The van der Waals surface area contributed by atoms with E-state index in [0.717, 1.165) is 6.04 Å². The summed E-state index contributed by atoms with van der Waals surface area (Å²) in [6, 6.07) is 6.97. The van der Waals surface area contributed by atoms with Crippen molar-refractivity contribution in [2.45, 2.75) is 37.6 Å². The molecule has 76 valence electrons. The number of nitrogens with zero attached hydrogens (tertiary/aromatic N) is 1. The van der Waals surface area contributed by atoms with Crippen molar-refractivity contribution in [2.24, 2.45) is 0 Å². The van der Waals surface area contributed by atoms with Crippen molar-refractivity contribution < 1.29 is 0 Å². The summed E-state index contributed by atoms with van der Waals surface area (Å²) < 4.78 is 0. The fraction of sp³-hybridized carbons (Fsp3) is 0.583. The zero-order chi connectivity index (χ0) is 9.80. The van der Waals surface area contributed by atoms with Gasteiger partial charge in [0.2, 0.25) is 0 Å². The van der Waals surface area contributed by atoms with Crippen LogP contribution in [0.2, 0.25) is 0 Å². The molecule has 1 fully saturated rings. The van der Waals surface area contributed by atoms with Crippen molar-refractivity contribution in [1.82, 2.24) is 10.3 Å². The van der Waals surface area contributed by atoms with Gasteiger partial charge in [-0.15, -0.1) is 0 Å². The molecule has 1 aliphatic rings. The Kier molecular flexibility index (Phi) is 3.14. The first-order valence-corrected chi connectivity index (χ1v) is 5.48. The summed E-state index contributed by atoms with van der Waals surface area (Å²) in [5.41, 5.74) is 1.28. The molecule has 0 aromatic carbocycles. The van der Waals surface area contributed by atoms with E-state index < -0.39 is 0 Å². The van der Waals surface area contributed by atoms with Gasteiger partial charge < -0.3 is 5.32 Å². The van der Waals surface area contributed by atoms with Gasteiger partial charge in [-0.05, 0) is 44.9 Å². The lowest BCUT2D eigenvalue weighted by molar-refractivity contribution is 0.355. The summed E-state index contributed by atoms with van der Waals surface area (Å²) in [6.45, 7) is 0. The quantitative estimate of drug-likeness (QED) is 0.774. The van der Waals surface area contributed by atoms with Gasteiger partial charge in [0.25, 0.3) is 0 Å². The lowest BCUT2D eigenvalue weighted by Crippen LogP contribution is -2.29. The largest absolute Gasteiger partial charge is 0.317 e. The standard InChI is InChI=1S/C12H18N2/c1-13-11-7-5-10(6-8-11)12-4-2-3-9-14-12/h2-4,9-11,13H,5-8H2,1H3. The number of nitrogens with one attached hydrogen (secondary N) is 1. The summed E-state index contributed by atoms with van der Waals surface area (Å²) in [5, 5.41) is 3.36. The molecule has 1 saturated carbocycles. The topological polar surface area (TPSA) is 24.9 Å². The molecular formula is C12H18N2. The maximum absolute atomic E-state index is 4.43. The van der Waals surface area contributed by atoms with E-state index in [-0.39, 0.29) is 0 Å². The molecule has 2 nitrogen and oxygen atoms in total. The molecule has 0 atom stereocenters. The molecule has 0 amide bonds. The van der Waals surface area contributed by atoms with E-state index in [1.54, 1.807) is 0 Å². The van der Waals surface area contributed by atoms with Gasteiger partial charge in [-0.1, -0.05) is 6.07 Å². The number of rotatable bonds is 2.